The average molecular weight is 368 g/mol. The van der Waals surface area contributed by atoms with E-state index in [-0.39, 0.29) is 6.42 Å². The number of nitrogens with one attached hydrogen (secondary N) is 2. The largest absolute Gasteiger partial charge is 0.454 e. The first-order valence-corrected chi connectivity index (χ1v) is 8.35. The van der Waals surface area contributed by atoms with Crippen molar-refractivity contribution in [1.29, 1.82) is 0 Å². The second-order valence-corrected chi connectivity index (χ2v) is 5.80. The van der Waals surface area contributed by atoms with Crippen LogP contribution in [0.15, 0.2) is 60.7 Å². The van der Waals surface area contributed by atoms with Crippen LogP contribution in [-0.4, -0.2) is 36.3 Å². The Bertz CT molecular complexity index is 806. The van der Waals surface area contributed by atoms with Crippen LogP contribution in [0.25, 0.3) is 0 Å². The normalized spacial score (nSPS) is 11.1. The van der Waals surface area contributed by atoms with Crippen LogP contribution in [0.1, 0.15) is 22.8 Å². The quantitative estimate of drug-likeness (QED) is 0.716. The van der Waals surface area contributed by atoms with E-state index in [1.807, 2.05) is 6.07 Å². The summed E-state index contributed by atoms with van der Waals surface area (Å²) in [4.78, 5) is 47.4. The number of hydrogen-bond acceptors (Lipinski definition) is 5. The van der Waals surface area contributed by atoms with Gasteiger partial charge in [0.25, 0.3) is 11.8 Å². The van der Waals surface area contributed by atoms with Crippen LogP contribution in [0.3, 0.4) is 0 Å². The standard InChI is InChI=1S/C20H20N2O5/c1-14(21-19(25)16-10-6-3-7-11-16)20(26)27-13-18(24)22-17(23)12-15-8-4-2-5-9-15/h2-11,14H,12-13H2,1H3,(H,21,25)(H,22,23,24)/t14-/m0/s1. The molecule has 0 radical (unpaired) electrons. The highest BCUT2D eigenvalue weighted by Crippen LogP contribution is 2.00. The highest BCUT2D eigenvalue weighted by Gasteiger charge is 2.19. The lowest BCUT2D eigenvalue weighted by molar-refractivity contribution is -0.150. The monoisotopic (exact) mass is 368 g/mol. The minimum Gasteiger partial charge on any atom is -0.454 e. The molecule has 0 unspecified atom stereocenters. The van der Waals surface area contributed by atoms with E-state index in [9.17, 15) is 19.2 Å². The van der Waals surface area contributed by atoms with E-state index < -0.39 is 36.3 Å². The van der Waals surface area contributed by atoms with Gasteiger partial charge in [-0.25, -0.2) is 4.79 Å². The zero-order valence-electron chi connectivity index (χ0n) is 14.8. The van der Waals surface area contributed by atoms with Gasteiger partial charge >= 0.3 is 5.97 Å². The highest BCUT2D eigenvalue weighted by atomic mass is 16.5. The van der Waals surface area contributed by atoms with E-state index in [2.05, 4.69) is 10.6 Å². The Morgan fingerprint density at radius 3 is 2.11 bits per heavy atom. The van der Waals surface area contributed by atoms with Gasteiger partial charge in [0.2, 0.25) is 5.91 Å². The first-order chi connectivity index (χ1) is 13.0. The van der Waals surface area contributed by atoms with Crippen molar-refractivity contribution in [2.24, 2.45) is 0 Å². The third kappa shape index (κ3) is 6.74. The third-order valence-electron chi connectivity index (χ3n) is 3.57. The number of carbonyl (C=O) groups is 4. The number of rotatable bonds is 7. The summed E-state index contributed by atoms with van der Waals surface area (Å²) in [5.74, 6) is -2.42. The van der Waals surface area contributed by atoms with Gasteiger partial charge in [0.15, 0.2) is 6.61 Å². The first-order valence-electron chi connectivity index (χ1n) is 8.35. The van der Waals surface area contributed by atoms with Gasteiger partial charge in [0.05, 0.1) is 6.42 Å². The Balaban J connectivity index is 1.73. The fraction of sp³-hybridized carbons (Fsp3) is 0.200. The number of ether oxygens (including phenoxy) is 1. The molecule has 7 heteroatoms. The summed E-state index contributed by atoms with van der Waals surface area (Å²) in [7, 11) is 0. The van der Waals surface area contributed by atoms with Crippen LogP contribution in [0.2, 0.25) is 0 Å². The molecular formula is C20H20N2O5. The molecule has 2 N–H and O–H groups in total. The Morgan fingerprint density at radius 2 is 1.48 bits per heavy atom. The Kier molecular flexibility index (Phi) is 7.25. The molecule has 0 aliphatic carbocycles. The first kappa shape index (κ1) is 19.8. The lowest BCUT2D eigenvalue weighted by Crippen LogP contribution is -2.41. The molecule has 0 saturated heterocycles. The highest BCUT2D eigenvalue weighted by molar-refractivity contribution is 5.98. The molecule has 2 aromatic carbocycles. The minimum absolute atomic E-state index is 0.0457. The van der Waals surface area contributed by atoms with Crippen LogP contribution < -0.4 is 10.6 Å². The van der Waals surface area contributed by atoms with Crippen molar-refractivity contribution in [3.05, 3.63) is 71.8 Å². The Hall–Kier alpha value is -3.48. The van der Waals surface area contributed by atoms with Gasteiger partial charge in [-0.1, -0.05) is 48.5 Å². The maximum Gasteiger partial charge on any atom is 0.328 e. The number of esters is 1. The molecular weight excluding hydrogens is 348 g/mol. The smallest absolute Gasteiger partial charge is 0.328 e. The molecule has 1 atom stereocenters. The van der Waals surface area contributed by atoms with Gasteiger partial charge in [-0.2, -0.15) is 0 Å². The van der Waals surface area contributed by atoms with Crippen LogP contribution in [0.4, 0.5) is 0 Å². The third-order valence-corrected chi connectivity index (χ3v) is 3.57. The lowest BCUT2D eigenvalue weighted by Gasteiger charge is -2.13. The molecule has 0 fully saturated rings. The predicted molar refractivity (Wildman–Crippen MR) is 97.6 cm³/mol. The summed E-state index contributed by atoms with van der Waals surface area (Å²) in [6.45, 7) is 0.840. The van der Waals surface area contributed by atoms with Crippen LogP contribution in [0, 0.1) is 0 Å². The number of imide groups is 1. The molecule has 0 spiro atoms. The number of amides is 3. The summed E-state index contributed by atoms with van der Waals surface area (Å²) in [5.41, 5.74) is 1.17. The predicted octanol–water partition coefficient (Wildman–Crippen LogP) is 1.23. The van der Waals surface area contributed by atoms with E-state index in [4.69, 9.17) is 4.74 Å². The van der Waals surface area contributed by atoms with E-state index in [0.717, 1.165) is 5.56 Å². The van der Waals surface area contributed by atoms with Crippen LogP contribution in [0.5, 0.6) is 0 Å². The topological polar surface area (TPSA) is 102 Å². The van der Waals surface area contributed by atoms with E-state index in [1.54, 1.807) is 54.6 Å². The summed E-state index contributed by atoms with van der Waals surface area (Å²) in [6, 6.07) is 16.4. The molecule has 0 saturated carbocycles. The van der Waals surface area contributed by atoms with Crippen molar-refractivity contribution in [1.82, 2.24) is 10.6 Å². The van der Waals surface area contributed by atoms with Crippen molar-refractivity contribution in [3.8, 4) is 0 Å². The molecule has 2 rings (SSSR count). The molecule has 3 amide bonds. The van der Waals surface area contributed by atoms with E-state index in [1.165, 1.54) is 6.92 Å². The summed E-state index contributed by atoms with van der Waals surface area (Å²) >= 11 is 0. The molecule has 0 aliphatic rings. The van der Waals surface area contributed by atoms with Gasteiger partial charge in [0, 0.05) is 5.56 Å². The number of carbonyl (C=O) groups excluding carboxylic acids is 4. The fourth-order valence-electron chi connectivity index (χ4n) is 2.21. The molecule has 140 valence electrons. The van der Waals surface area contributed by atoms with Gasteiger partial charge in [-0.15, -0.1) is 0 Å². The second-order valence-electron chi connectivity index (χ2n) is 5.80. The molecule has 0 heterocycles. The van der Waals surface area contributed by atoms with Gasteiger partial charge in [-0.05, 0) is 24.6 Å². The Morgan fingerprint density at radius 1 is 0.889 bits per heavy atom. The number of benzene rings is 2. The van der Waals surface area contributed by atoms with Crippen LogP contribution >= 0.6 is 0 Å². The summed E-state index contributed by atoms with van der Waals surface area (Å²) in [5, 5.41) is 4.63. The molecule has 0 aromatic heterocycles. The van der Waals surface area contributed by atoms with Crippen LogP contribution in [-0.2, 0) is 25.5 Å². The van der Waals surface area contributed by atoms with Crippen molar-refractivity contribution in [2.45, 2.75) is 19.4 Å². The summed E-state index contributed by atoms with van der Waals surface area (Å²) in [6.07, 6.45) is 0.0457. The zero-order chi connectivity index (χ0) is 19.6. The van der Waals surface area contributed by atoms with Crippen molar-refractivity contribution >= 4 is 23.7 Å². The molecule has 27 heavy (non-hydrogen) atoms. The van der Waals surface area contributed by atoms with E-state index >= 15 is 0 Å². The van der Waals surface area contributed by atoms with Gasteiger partial charge in [0.1, 0.15) is 6.04 Å². The van der Waals surface area contributed by atoms with Crippen molar-refractivity contribution in [3.63, 3.8) is 0 Å². The second kappa shape index (κ2) is 9.86. The summed E-state index contributed by atoms with van der Waals surface area (Å²) < 4.78 is 4.84. The maximum atomic E-state index is 12.0. The fourth-order valence-corrected chi connectivity index (χ4v) is 2.21. The maximum absolute atomic E-state index is 12.0. The SMILES string of the molecule is C[C@H](NC(=O)c1ccccc1)C(=O)OCC(=O)NC(=O)Cc1ccccc1. The Labute approximate surface area is 156 Å². The molecule has 0 bridgehead atoms. The van der Waals surface area contributed by atoms with Gasteiger partial charge < -0.3 is 10.1 Å². The molecule has 2 aromatic rings. The van der Waals surface area contributed by atoms with Crippen molar-refractivity contribution < 1.29 is 23.9 Å². The minimum atomic E-state index is -0.939. The number of hydrogen-bond donors (Lipinski definition) is 2. The van der Waals surface area contributed by atoms with E-state index in [0.29, 0.717) is 5.56 Å². The zero-order valence-corrected chi connectivity index (χ0v) is 14.8. The average Bonchev–Trinajstić information content (AvgIpc) is 2.67. The van der Waals surface area contributed by atoms with Crippen molar-refractivity contribution in [2.75, 3.05) is 6.61 Å². The van der Waals surface area contributed by atoms with Gasteiger partial charge in [-0.3, -0.25) is 19.7 Å². The molecule has 7 nitrogen and oxygen atoms in total. The molecule has 0 aliphatic heterocycles. The lowest BCUT2D eigenvalue weighted by atomic mass is 10.1.